The van der Waals surface area contributed by atoms with Crippen LogP contribution in [0.2, 0.25) is 6.04 Å². The summed E-state index contributed by atoms with van der Waals surface area (Å²) in [6.45, 7) is 4.84. The van der Waals surface area contributed by atoms with E-state index in [9.17, 15) is 0 Å². The van der Waals surface area contributed by atoms with Crippen LogP contribution in [0.1, 0.15) is 39.5 Å². The summed E-state index contributed by atoms with van der Waals surface area (Å²) in [6, 6.07) is 1.15. The van der Waals surface area contributed by atoms with Gasteiger partial charge in [-0.3, -0.25) is 4.84 Å². The summed E-state index contributed by atoms with van der Waals surface area (Å²) in [5.74, 6) is 0. The molecule has 2 unspecified atom stereocenters. The van der Waals surface area contributed by atoms with Gasteiger partial charge in [-0.2, -0.15) is 5.06 Å². The van der Waals surface area contributed by atoms with Crippen molar-refractivity contribution in [2.24, 2.45) is 0 Å². The first kappa shape index (κ1) is 18.1. The minimum Gasteiger partial charge on any atom is -0.396 e. The molecule has 0 aromatic heterocycles. The maximum atomic E-state index is 6.09. The molecule has 0 aliphatic carbocycles. The Bertz CT molecular complexity index is 288. The third kappa shape index (κ3) is 2.96. The van der Waals surface area contributed by atoms with Crippen LogP contribution in [0.15, 0.2) is 0 Å². The fourth-order valence-corrected chi connectivity index (χ4v) is 7.89. The van der Waals surface area contributed by atoms with Crippen molar-refractivity contribution >= 4 is 8.56 Å². The van der Waals surface area contributed by atoms with Crippen molar-refractivity contribution in [3.63, 3.8) is 0 Å². The first-order valence-electron chi connectivity index (χ1n) is 7.58. The maximum Gasteiger partial charge on any atom is 0.372 e. The van der Waals surface area contributed by atoms with Crippen molar-refractivity contribution in [2.75, 3.05) is 35.0 Å². The van der Waals surface area contributed by atoms with Crippen LogP contribution in [0.5, 0.6) is 0 Å². The zero-order chi connectivity index (χ0) is 15.2. The molecule has 1 aliphatic rings. The highest BCUT2D eigenvalue weighted by Gasteiger charge is 2.64. The predicted octanol–water partition coefficient (Wildman–Crippen LogP) is 2.49. The Hall–Kier alpha value is 0.0169. The molecule has 2 atom stereocenters. The fourth-order valence-electron chi connectivity index (χ4n) is 3.75. The van der Waals surface area contributed by atoms with Crippen molar-refractivity contribution in [1.29, 1.82) is 0 Å². The molecule has 1 heterocycles. The second-order valence-electron chi connectivity index (χ2n) is 5.38. The van der Waals surface area contributed by atoms with Crippen LogP contribution in [0, 0.1) is 0 Å². The van der Waals surface area contributed by atoms with Gasteiger partial charge in [0, 0.05) is 28.4 Å². The number of ether oxygens (including phenoxy) is 1. The lowest BCUT2D eigenvalue weighted by Crippen LogP contribution is -2.73. The molecular weight excluding hydrogens is 274 g/mol. The summed E-state index contributed by atoms with van der Waals surface area (Å²) in [6.07, 6.45) is 4.10. The van der Waals surface area contributed by atoms with Crippen LogP contribution >= 0.6 is 0 Å². The van der Waals surface area contributed by atoms with Gasteiger partial charge >= 0.3 is 8.56 Å². The zero-order valence-electron chi connectivity index (χ0n) is 13.9. The average Bonchev–Trinajstić information content (AvgIpc) is 2.47. The lowest BCUT2D eigenvalue weighted by atomic mass is 9.99. The van der Waals surface area contributed by atoms with Crippen molar-refractivity contribution in [3.05, 3.63) is 0 Å². The van der Waals surface area contributed by atoms with Gasteiger partial charge < -0.3 is 13.6 Å². The summed E-state index contributed by atoms with van der Waals surface area (Å²) < 4.78 is 18.0. The molecule has 0 radical (unpaired) electrons. The molecule has 0 bridgehead atoms. The quantitative estimate of drug-likeness (QED) is 0.509. The highest BCUT2D eigenvalue weighted by molar-refractivity contribution is 6.71. The molecule has 20 heavy (non-hydrogen) atoms. The van der Waals surface area contributed by atoms with E-state index in [4.69, 9.17) is 18.4 Å². The zero-order valence-corrected chi connectivity index (χ0v) is 14.9. The number of hydroxylamine groups is 2. The van der Waals surface area contributed by atoms with Gasteiger partial charge in [-0.15, -0.1) is 0 Å². The molecule has 1 aliphatic heterocycles. The van der Waals surface area contributed by atoms with Crippen LogP contribution in [0.25, 0.3) is 0 Å². The Labute approximate surface area is 124 Å². The molecule has 0 N–H and O–H groups in total. The highest BCUT2D eigenvalue weighted by Crippen LogP contribution is 2.44. The topological polar surface area (TPSA) is 40.2 Å². The standard InChI is InChI=1S/C14H31NO4Si/c1-7-11-14(16-4)13(15(3)19-8-2)10-9-12-20(14,17-5)18-6/h13H,7-12H2,1-6H3. The average molecular weight is 305 g/mol. The predicted molar refractivity (Wildman–Crippen MR) is 81.6 cm³/mol. The minimum absolute atomic E-state index is 0.174. The second kappa shape index (κ2) is 7.86. The smallest absolute Gasteiger partial charge is 0.372 e. The van der Waals surface area contributed by atoms with Crippen molar-refractivity contribution < 1.29 is 18.4 Å². The van der Waals surface area contributed by atoms with Crippen LogP contribution in [0.4, 0.5) is 0 Å². The normalized spacial score (nSPS) is 29.9. The lowest BCUT2D eigenvalue weighted by molar-refractivity contribution is -0.210. The van der Waals surface area contributed by atoms with Gasteiger partial charge in [0.2, 0.25) is 0 Å². The third-order valence-corrected chi connectivity index (χ3v) is 8.99. The third-order valence-electron chi connectivity index (χ3n) is 4.58. The molecule has 0 spiro atoms. The van der Waals surface area contributed by atoms with Gasteiger partial charge in [-0.05, 0) is 32.2 Å². The van der Waals surface area contributed by atoms with E-state index in [-0.39, 0.29) is 11.3 Å². The van der Waals surface area contributed by atoms with Crippen molar-refractivity contribution in [2.45, 2.75) is 56.8 Å². The molecule has 120 valence electrons. The van der Waals surface area contributed by atoms with Crippen LogP contribution in [0.3, 0.4) is 0 Å². The molecule has 0 amide bonds. The van der Waals surface area contributed by atoms with Gasteiger partial charge in [0.1, 0.15) is 5.22 Å². The summed E-state index contributed by atoms with van der Waals surface area (Å²) in [5.41, 5.74) is 0. The molecule has 1 saturated heterocycles. The number of methoxy groups -OCH3 is 1. The maximum absolute atomic E-state index is 6.09. The fraction of sp³-hybridized carbons (Fsp3) is 1.00. The number of hydrogen-bond acceptors (Lipinski definition) is 5. The Morgan fingerprint density at radius 1 is 1.20 bits per heavy atom. The molecule has 1 fully saturated rings. The molecule has 0 saturated carbocycles. The Kier molecular flexibility index (Phi) is 7.10. The van der Waals surface area contributed by atoms with Crippen molar-refractivity contribution in [3.8, 4) is 0 Å². The van der Waals surface area contributed by atoms with E-state index < -0.39 is 8.56 Å². The summed E-state index contributed by atoms with van der Waals surface area (Å²) in [4.78, 5) is 5.73. The summed E-state index contributed by atoms with van der Waals surface area (Å²) >= 11 is 0. The van der Waals surface area contributed by atoms with E-state index in [1.807, 2.05) is 19.0 Å². The van der Waals surface area contributed by atoms with Gasteiger partial charge in [0.25, 0.3) is 0 Å². The van der Waals surface area contributed by atoms with E-state index >= 15 is 0 Å². The molecule has 0 aromatic carbocycles. The SMILES string of the molecule is CCCC1(OC)C(N(C)OCC)CCC[Si]1(OC)OC. The van der Waals surface area contributed by atoms with E-state index in [0.29, 0.717) is 6.61 Å². The molecular formula is C14H31NO4Si. The first-order chi connectivity index (χ1) is 9.57. The minimum atomic E-state index is -2.43. The summed E-state index contributed by atoms with van der Waals surface area (Å²) in [7, 11) is 4.88. The first-order valence-corrected chi connectivity index (χ1v) is 9.61. The molecule has 5 nitrogen and oxygen atoms in total. The lowest BCUT2D eigenvalue weighted by Gasteiger charge is -2.54. The number of nitrogens with zero attached hydrogens (tertiary/aromatic N) is 1. The van der Waals surface area contributed by atoms with Gasteiger partial charge in [0.05, 0.1) is 12.6 Å². The summed E-state index contributed by atoms with van der Waals surface area (Å²) in [5, 5.41) is 1.57. The van der Waals surface area contributed by atoms with E-state index in [0.717, 1.165) is 31.7 Å². The second-order valence-corrected chi connectivity index (χ2v) is 9.05. The largest absolute Gasteiger partial charge is 0.396 e. The monoisotopic (exact) mass is 305 g/mol. The molecule has 6 heteroatoms. The van der Waals surface area contributed by atoms with Gasteiger partial charge in [0.15, 0.2) is 0 Å². The van der Waals surface area contributed by atoms with E-state index in [1.165, 1.54) is 0 Å². The number of rotatable bonds is 8. The van der Waals surface area contributed by atoms with Gasteiger partial charge in [-0.1, -0.05) is 13.3 Å². The Morgan fingerprint density at radius 3 is 2.30 bits per heavy atom. The van der Waals surface area contributed by atoms with Crippen LogP contribution in [-0.4, -0.2) is 59.9 Å². The van der Waals surface area contributed by atoms with Gasteiger partial charge in [-0.25, -0.2) is 0 Å². The molecule has 1 rings (SSSR count). The Morgan fingerprint density at radius 2 is 1.85 bits per heavy atom. The Balaban J connectivity index is 3.20. The number of likely N-dealkylation sites (N-methyl/N-ethyl adjacent to an activating group) is 1. The molecule has 0 aromatic rings. The van der Waals surface area contributed by atoms with E-state index in [2.05, 4.69) is 6.92 Å². The van der Waals surface area contributed by atoms with Crippen molar-refractivity contribution in [1.82, 2.24) is 5.06 Å². The van der Waals surface area contributed by atoms with E-state index in [1.54, 1.807) is 21.3 Å². The van der Waals surface area contributed by atoms with Crippen LogP contribution < -0.4 is 0 Å². The highest BCUT2D eigenvalue weighted by atomic mass is 28.4. The van der Waals surface area contributed by atoms with Crippen LogP contribution in [-0.2, 0) is 18.4 Å². The number of hydrogen-bond donors (Lipinski definition) is 0.